The summed E-state index contributed by atoms with van der Waals surface area (Å²) in [6, 6.07) is 6.57. The van der Waals surface area contributed by atoms with Gasteiger partial charge >= 0.3 is 0 Å². The van der Waals surface area contributed by atoms with Crippen molar-refractivity contribution in [2.24, 2.45) is 5.92 Å². The number of hydrogen-bond acceptors (Lipinski definition) is 3. The largest absolute Gasteiger partial charge is 0.337 e. The van der Waals surface area contributed by atoms with Gasteiger partial charge in [-0.3, -0.25) is 9.59 Å². The molecule has 0 radical (unpaired) electrons. The molecule has 7 heteroatoms. The number of aryl methyl sites for hydroxylation is 1. The maximum Gasteiger partial charge on any atom is 0.254 e. The molecule has 1 aliphatic rings. The number of carbonyl (C=O) groups excluding carboxylic acids is 2. The summed E-state index contributed by atoms with van der Waals surface area (Å²) < 4.78 is 26.1. The van der Waals surface area contributed by atoms with Crippen LogP contribution >= 0.6 is 0 Å². The number of halogens is 2. The summed E-state index contributed by atoms with van der Waals surface area (Å²) in [4.78, 5) is 29.7. The van der Waals surface area contributed by atoms with Crippen LogP contribution in [0.1, 0.15) is 15.9 Å². The van der Waals surface area contributed by atoms with Crippen LogP contribution in [0, 0.1) is 24.5 Å². The van der Waals surface area contributed by atoms with E-state index in [9.17, 15) is 18.4 Å². The highest BCUT2D eigenvalue weighted by Gasteiger charge is 2.36. The molecule has 1 aromatic carbocycles. The molecule has 2 heterocycles. The van der Waals surface area contributed by atoms with Gasteiger partial charge in [-0.2, -0.15) is 0 Å². The lowest BCUT2D eigenvalue weighted by molar-refractivity contribution is -0.123. The molecular weight excluding hydrogens is 316 g/mol. The number of anilines is 1. The highest BCUT2D eigenvalue weighted by molar-refractivity contribution is 5.98. The second kappa shape index (κ2) is 6.35. The number of benzene rings is 1. The summed E-state index contributed by atoms with van der Waals surface area (Å²) in [5.74, 6) is -2.60. The van der Waals surface area contributed by atoms with Crippen LogP contribution in [0.2, 0.25) is 0 Å². The lowest BCUT2D eigenvalue weighted by Gasteiger charge is -2.38. The molecule has 0 atom stereocenters. The van der Waals surface area contributed by atoms with Gasteiger partial charge in [-0.15, -0.1) is 0 Å². The zero-order valence-corrected chi connectivity index (χ0v) is 12.9. The number of nitrogens with one attached hydrogen (secondary N) is 1. The average Bonchev–Trinajstić information content (AvgIpc) is 2.48. The topological polar surface area (TPSA) is 62.3 Å². The predicted octanol–water partition coefficient (Wildman–Crippen LogP) is 2.38. The van der Waals surface area contributed by atoms with Crippen molar-refractivity contribution in [3.05, 3.63) is 59.3 Å². The lowest BCUT2D eigenvalue weighted by Crippen LogP contribution is -2.54. The molecule has 2 aromatic rings. The molecule has 1 aliphatic heterocycles. The van der Waals surface area contributed by atoms with Crippen molar-refractivity contribution < 1.29 is 18.4 Å². The van der Waals surface area contributed by atoms with Crippen molar-refractivity contribution in [1.29, 1.82) is 0 Å². The van der Waals surface area contributed by atoms with Gasteiger partial charge in [0.1, 0.15) is 5.82 Å². The van der Waals surface area contributed by atoms with E-state index < -0.39 is 17.5 Å². The number of aromatic nitrogens is 1. The SMILES string of the molecule is Cc1ccnc(NC(=O)C2CN(C(=O)c3ccc(F)c(F)c3)C2)c1. The third-order valence-corrected chi connectivity index (χ3v) is 3.87. The highest BCUT2D eigenvalue weighted by atomic mass is 19.2. The number of hydrogen-bond donors (Lipinski definition) is 1. The zero-order chi connectivity index (χ0) is 17.3. The fraction of sp³-hybridized carbons (Fsp3) is 0.235. The number of nitrogens with zero attached hydrogens (tertiary/aromatic N) is 2. The molecule has 0 unspecified atom stereocenters. The van der Waals surface area contributed by atoms with Gasteiger partial charge < -0.3 is 10.2 Å². The van der Waals surface area contributed by atoms with Gasteiger partial charge in [-0.25, -0.2) is 13.8 Å². The van der Waals surface area contributed by atoms with Gasteiger partial charge in [0.15, 0.2) is 11.6 Å². The summed E-state index contributed by atoms with van der Waals surface area (Å²) in [6.07, 6.45) is 1.60. The first-order valence-corrected chi connectivity index (χ1v) is 7.42. The number of likely N-dealkylation sites (tertiary alicyclic amines) is 1. The van der Waals surface area contributed by atoms with Crippen LogP contribution in [0.5, 0.6) is 0 Å². The molecule has 0 saturated carbocycles. The van der Waals surface area contributed by atoms with Gasteiger partial charge in [0, 0.05) is 24.8 Å². The monoisotopic (exact) mass is 331 g/mol. The van der Waals surface area contributed by atoms with Crippen molar-refractivity contribution >= 4 is 17.6 Å². The van der Waals surface area contributed by atoms with Crippen LogP contribution in [0.4, 0.5) is 14.6 Å². The standard InChI is InChI=1S/C17H15F2N3O2/c1-10-4-5-20-15(6-10)21-16(23)12-8-22(9-12)17(24)11-2-3-13(18)14(19)7-11/h2-7,12H,8-9H2,1H3,(H,20,21,23). The van der Waals surface area contributed by atoms with Gasteiger partial charge in [0.05, 0.1) is 5.92 Å². The third kappa shape index (κ3) is 3.24. The Balaban J connectivity index is 1.57. The minimum Gasteiger partial charge on any atom is -0.337 e. The maximum absolute atomic E-state index is 13.2. The molecule has 0 aliphatic carbocycles. The van der Waals surface area contributed by atoms with Gasteiger partial charge in [0.25, 0.3) is 5.91 Å². The quantitative estimate of drug-likeness (QED) is 0.939. The minimum absolute atomic E-state index is 0.0631. The Morgan fingerprint density at radius 1 is 1.17 bits per heavy atom. The molecular formula is C17H15F2N3O2. The van der Waals surface area contributed by atoms with Gasteiger partial charge in [-0.1, -0.05) is 0 Å². The molecule has 5 nitrogen and oxygen atoms in total. The van der Waals surface area contributed by atoms with Crippen LogP contribution in [-0.2, 0) is 4.79 Å². The fourth-order valence-electron chi connectivity index (χ4n) is 2.45. The summed E-state index contributed by atoms with van der Waals surface area (Å²) >= 11 is 0. The van der Waals surface area contributed by atoms with Crippen LogP contribution in [0.25, 0.3) is 0 Å². The van der Waals surface area contributed by atoms with Crippen LogP contribution in [0.3, 0.4) is 0 Å². The first kappa shape index (κ1) is 16.0. The second-order valence-corrected chi connectivity index (χ2v) is 5.74. The summed E-state index contributed by atoms with van der Waals surface area (Å²) in [6.45, 7) is 2.36. The average molecular weight is 331 g/mol. The first-order chi connectivity index (χ1) is 11.4. The maximum atomic E-state index is 13.2. The van der Waals surface area contributed by atoms with E-state index in [0.29, 0.717) is 5.82 Å². The Bertz CT molecular complexity index is 804. The molecule has 1 N–H and O–H groups in total. The van der Waals surface area contributed by atoms with E-state index in [0.717, 1.165) is 17.7 Å². The van der Waals surface area contributed by atoms with Gasteiger partial charge in [0.2, 0.25) is 5.91 Å². The van der Waals surface area contributed by atoms with E-state index >= 15 is 0 Å². The molecule has 24 heavy (non-hydrogen) atoms. The molecule has 1 aromatic heterocycles. The fourth-order valence-corrected chi connectivity index (χ4v) is 2.45. The van der Waals surface area contributed by atoms with E-state index in [1.54, 1.807) is 12.3 Å². The summed E-state index contributed by atoms with van der Waals surface area (Å²) in [5.41, 5.74) is 1.04. The molecule has 1 fully saturated rings. The molecule has 0 spiro atoms. The number of amides is 2. The Morgan fingerprint density at radius 3 is 2.58 bits per heavy atom. The molecule has 1 saturated heterocycles. The Kier molecular flexibility index (Phi) is 4.24. The highest BCUT2D eigenvalue weighted by Crippen LogP contribution is 2.21. The summed E-state index contributed by atoms with van der Waals surface area (Å²) in [5, 5.41) is 2.70. The minimum atomic E-state index is -1.07. The van der Waals surface area contributed by atoms with Crippen molar-refractivity contribution in [3.63, 3.8) is 0 Å². The Labute approximate surface area is 137 Å². The number of carbonyl (C=O) groups is 2. The second-order valence-electron chi connectivity index (χ2n) is 5.74. The number of pyridine rings is 1. The molecule has 0 bridgehead atoms. The van der Waals surface area contributed by atoms with E-state index in [4.69, 9.17) is 0 Å². The molecule has 3 rings (SSSR count). The van der Waals surface area contributed by atoms with E-state index in [1.807, 2.05) is 13.0 Å². The third-order valence-electron chi connectivity index (χ3n) is 3.87. The van der Waals surface area contributed by atoms with Crippen LogP contribution < -0.4 is 5.32 Å². The normalized spacial score (nSPS) is 14.2. The number of rotatable bonds is 3. The smallest absolute Gasteiger partial charge is 0.254 e. The van der Waals surface area contributed by atoms with Crippen molar-refractivity contribution in [3.8, 4) is 0 Å². The predicted molar refractivity (Wildman–Crippen MR) is 83.4 cm³/mol. The van der Waals surface area contributed by atoms with E-state index in [1.165, 1.54) is 11.0 Å². The summed E-state index contributed by atoms with van der Waals surface area (Å²) in [7, 11) is 0. The van der Waals surface area contributed by atoms with Crippen molar-refractivity contribution in [1.82, 2.24) is 9.88 Å². The van der Waals surface area contributed by atoms with Crippen molar-refractivity contribution in [2.75, 3.05) is 18.4 Å². The first-order valence-electron chi connectivity index (χ1n) is 7.42. The lowest BCUT2D eigenvalue weighted by atomic mass is 9.97. The Hall–Kier alpha value is -2.83. The van der Waals surface area contributed by atoms with Gasteiger partial charge in [-0.05, 0) is 42.8 Å². The molecule has 124 valence electrons. The van der Waals surface area contributed by atoms with Crippen LogP contribution in [0.15, 0.2) is 36.5 Å². The molecule has 2 amide bonds. The van der Waals surface area contributed by atoms with E-state index in [2.05, 4.69) is 10.3 Å². The van der Waals surface area contributed by atoms with Crippen LogP contribution in [-0.4, -0.2) is 34.8 Å². The van der Waals surface area contributed by atoms with E-state index in [-0.39, 0.29) is 30.5 Å². The zero-order valence-electron chi connectivity index (χ0n) is 12.9. The Morgan fingerprint density at radius 2 is 1.92 bits per heavy atom. The van der Waals surface area contributed by atoms with Crippen molar-refractivity contribution in [2.45, 2.75) is 6.92 Å².